The Balaban J connectivity index is 1.29. The highest BCUT2D eigenvalue weighted by molar-refractivity contribution is 5.99. The van der Waals surface area contributed by atoms with E-state index in [2.05, 4.69) is 22.1 Å². The lowest BCUT2D eigenvalue weighted by Crippen LogP contribution is -2.48. The molecule has 1 aromatic heterocycles. The Kier molecular flexibility index (Phi) is 5.06. The van der Waals surface area contributed by atoms with E-state index in [1.807, 2.05) is 59.0 Å². The predicted octanol–water partition coefficient (Wildman–Crippen LogP) is 3.66. The van der Waals surface area contributed by atoms with Crippen molar-refractivity contribution in [1.29, 1.82) is 0 Å². The third-order valence-electron chi connectivity index (χ3n) is 6.30. The van der Waals surface area contributed by atoms with Crippen molar-refractivity contribution in [3.05, 3.63) is 77.1 Å². The number of aromatic nitrogens is 2. The van der Waals surface area contributed by atoms with Gasteiger partial charge >= 0.3 is 0 Å². The Bertz CT molecular complexity index is 1110. The van der Waals surface area contributed by atoms with Gasteiger partial charge < -0.3 is 9.80 Å². The quantitative estimate of drug-likeness (QED) is 0.656. The SMILES string of the molecule is Cc1nn(-c2ccc(C(=O)N3CCN(c4ccccc4)CC3)cc2)c2c1C(=O)CCC2. The van der Waals surface area contributed by atoms with E-state index >= 15 is 0 Å². The van der Waals surface area contributed by atoms with Crippen LogP contribution in [0.5, 0.6) is 0 Å². The number of carbonyl (C=O) groups excluding carboxylic acids is 2. The number of carbonyl (C=O) groups is 2. The first-order chi connectivity index (χ1) is 15.1. The largest absolute Gasteiger partial charge is 0.368 e. The van der Waals surface area contributed by atoms with Crippen molar-refractivity contribution in [2.45, 2.75) is 26.2 Å². The van der Waals surface area contributed by atoms with Crippen LogP contribution in [0.15, 0.2) is 54.6 Å². The molecule has 1 aliphatic heterocycles. The summed E-state index contributed by atoms with van der Waals surface area (Å²) in [6, 6.07) is 17.9. The number of rotatable bonds is 3. The average molecular weight is 415 g/mol. The fraction of sp³-hybridized carbons (Fsp3) is 0.320. The molecule has 0 radical (unpaired) electrons. The minimum absolute atomic E-state index is 0.0631. The number of benzene rings is 2. The van der Waals surface area contributed by atoms with Crippen molar-refractivity contribution in [2.24, 2.45) is 0 Å². The first-order valence-electron chi connectivity index (χ1n) is 10.9. The topological polar surface area (TPSA) is 58.4 Å². The highest BCUT2D eigenvalue weighted by atomic mass is 16.2. The van der Waals surface area contributed by atoms with Gasteiger partial charge in [-0.2, -0.15) is 5.10 Å². The predicted molar refractivity (Wildman–Crippen MR) is 120 cm³/mol. The molecule has 0 unspecified atom stereocenters. The molecule has 0 spiro atoms. The number of hydrogen-bond acceptors (Lipinski definition) is 4. The minimum atomic E-state index is 0.0631. The Morgan fingerprint density at radius 3 is 2.29 bits per heavy atom. The van der Waals surface area contributed by atoms with Crippen molar-refractivity contribution in [2.75, 3.05) is 31.1 Å². The maximum Gasteiger partial charge on any atom is 0.253 e. The standard InChI is InChI=1S/C25H26N4O2/c1-18-24-22(8-5-9-23(24)30)29(26-18)21-12-10-19(11-13-21)25(31)28-16-14-27(15-17-28)20-6-3-2-4-7-20/h2-4,6-7,10-13H,5,8-9,14-17H2,1H3. The van der Waals surface area contributed by atoms with Gasteiger partial charge in [-0.1, -0.05) is 18.2 Å². The zero-order valence-electron chi connectivity index (χ0n) is 17.8. The lowest BCUT2D eigenvalue weighted by molar-refractivity contribution is 0.0746. The second-order valence-corrected chi connectivity index (χ2v) is 8.26. The van der Waals surface area contributed by atoms with Crippen LogP contribution in [0.1, 0.15) is 44.9 Å². The molecule has 0 atom stereocenters. The highest BCUT2D eigenvalue weighted by Crippen LogP contribution is 2.27. The van der Waals surface area contributed by atoms with E-state index in [1.54, 1.807) is 0 Å². The molecule has 0 saturated carbocycles. The van der Waals surface area contributed by atoms with Crippen LogP contribution in [0, 0.1) is 6.92 Å². The summed E-state index contributed by atoms with van der Waals surface area (Å²) < 4.78 is 1.87. The Morgan fingerprint density at radius 1 is 0.871 bits per heavy atom. The van der Waals surface area contributed by atoms with Gasteiger partial charge in [0.05, 0.1) is 22.6 Å². The van der Waals surface area contributed by atoms with E-state index in [9.17, 15) is 9.59 Å². The number of aryl methyl sites for hydroxylation is 1. The molecule has 2 aliphatic rings. The van der Waals surface area contributed by atoms with Crippen LogP contribution in [-0.4, -0.2) is 52.5 Å². The van der Waals surface area contributed by atoms with Gasteiger partial charge in [0.1, 0.15) is 0 Å². The number of nitrogens with zero attached hydrogens (tertiary/aromatic N) is 4. The van der Waals surface area contributed by atoms with Gasteiger partial charge in [0.15, 0.2) is 5.78 Å². The number of Topliss-reactive ketones (excluding diaryl/α,β-unsaturated/α-hetero) is 1. The molecule has 0 N–H and O–H groups in total. The lowest BCUT2D eigenvalue weighted by atomic mass is 9.94. The molecular formula is C25H26N4O2. The number of hydrogen-bond donors (Lipinski definition) is 0. The van der Waals surface area contributed by atoms with E-state index in [0.717, 1.165) is 48.6 Å². The Labute approximate surface area is 182 Å². The minimum Gasteiger partial charge on any atom is -0.368 e. The fourth-order valence-electron chi connectivity index (χ4n) is 4.66. The van der Waals surface area contributed by atoms with E-state index in [4.69, 9.17) is 0 Å². The van der Waals surface area contributed by atoms with E-state index in [0.29, 0.717) is 25.1 Å². The average Bonchev–Trinajstić information content (AvgIpc) is 3.17. The maximum atomic E-state index is 13.0. The normalized spacial score (nSPS) is 16.4. The number of amides is 1. The van der Waals surface area contributed by atoms with Crippen LogP contribution >= 0.6 is 0 Å². The molecule has 6 heteroatoms. The number of ketones is 1. The molecule has 158 valence electrons. The van der Waals surface area contributed by atoms with Crippen LogP contribution < -0.4 is 4.90 Å². The van der Waals surface area contributed by atoms with Gasteiger partial charge in [-0.05, 0) is 56.2 Å². The van der Waals surface area contributed by atoms with Gasteiger partial charge in [0, 0.05) is 43.9 Å². The third-order valence-corrected chi connectivity index (χ3v) is 6.30. The number of fused-ring (bicyclic) bond motifs is 1. The monoisotopic (exact) mass is 414 g/mol. The van der Waals surface area contributed by atoms with Crippen LogP contribution in [0.3, 0.4) is 0 Å². The molecule has 6 nitrogen and oxygen atoms in total. The van der Waals surface area contributed by atoms with Gasteiger partial charge in [0.25, 0.3) is 5.91 Å². The molecule has 1 fully saturated rings. The molecule has 1 saturated heterocycles. The van der Waals surface area contributed by atoms with Gasteiger partial charge in [-0.15, -0.1) is 0 Å². The molecule has 2 aromatic carbocycles. The summed E-state index contributed by atoms with van der Waals surface area (Å²) >= 11 is 0. The van der Waals surface area contributed by atoms with Gasteiger partial charge in [0.2, 0.25) is 0 Å². The zero-order chi connectivity index (χ0) is 21.4. The first kappa shape index (κ1) is 19.5. The number of anilines is 1. The third kappa shape index (κ3) is 3.63. The lowest BCUT2D eigenvalue weighted by Gasteiger charge is -2.36. The van der Waals surface area contributed by atoms with Crippen molar-refractivity contribution in [3.63, 3.8) is 0 Å². The van der Waals surface area contributed by atoms with Gasteiger partial charge in [-0.3, -0.25) is 9.59 Å². The molecule has 5 rings (SSSR count). The van der Waals surface area contributed by atoms with Crippen LogP contribution in [0.2, 0.25) is 0 Å². The summed E-state index contributed by atoms with van der Waals surface area (Å²) in [4.78, 5) is 29.5. The van der Waals surface area contributed by atoms with E-state index < -0.39 is 0 Å². The fourth-order valence-corrected chi connectivity index (χ4v) is 4.66. The molecule has 0 bridgehead atoms. The molecule has 1 aliphatic carbocycles. The van der Waals surface area contributed by atoms with E-state index in [1.165, 1.54) is 5.69 Å². The number of para-hydroxylation sites is 1. The van der Waals surface area contributed by atoms with Crippen molar-refractivity contribution >= 4 is 17.4 Å². The second kappa shape index (κ2) is 8.02. The van der Waals surface area contributed by atoms with Gasteiger partial charge in [-0.25, -0.2) is 4.68 Å². The van der Waals surface area contributed by atoms with Crippen molar-refractivity contribution < 1.29 is 9.59 Å². The zero-order valence-corrected chi connectivity index (χ0v) is 17.8. The van der Waals surface area contributed by atoms with Crippen LogP contribution in [0.4, 0.5) is 5.69 Å². The molecule has 2 heterocycles. The Hall–Kier alpha value is -3.41. The van der Waals surface area contributed by atoms with E-state index in [-0.39, 0.29) is 11.7 Å². The summed E-state index contributed by atoms with van der Waals surface area (Å²) in [6.07, 6.45) is 2.32. The molecule has 1 amide bonds. The summed E-state index contributed by atoms with van der Waals surface area (Å²) in [5, 5.41) is 4.61. The molecule has 3 aromatic rings. The summed E-state index contributed by atoms with van der Waals surface area (Å²) in [6.45, 7) is 4.99. The highest BCUT2D eigenvalue weighted by Gasteiger charge is 2.26. The summed E-state index contributed by atoms with van der Waals surface area (Å²) in [7, 11) is 0. The van der Waals surface area contributed by atoms with Crippen molar-refractivity contribution in [3.8, 4) is 5.69 Å². The number of piperazine rings is 1. The Morgan fingerprint density at radius 2 is 1.58 bits per heavy atom. The first-order valence-corrected chi connectivity index (χ1v) is 10.9. The smallest absolute Gasteiger partial charge is 0.253 e. The van der Waals surface area contributed by atoms with Crippen molar-refractivity contribution in [1.82, 2.24) is 14.7 Å². The van der Waals surface area contributed by atoms with Crippen LogP contribution in [0.25, 0.3) is 5.69 Å². The molecule has 31 heavy (non-hydrogen) atoms. The second-order valence-electron chi connectivity index (χ2n) is 8.26. The molecular weight excluding hydrogens is 388 g/mol. The van der Waals surface area contributed by atoms with Crippen LogP contribution in [-0.2, 0) is 6.42 Å². The summed E-state index contributed by atoms with van der Waals surface area (Å²) in [5.41, 5.74) is 5.34. The summed E-state index contributed by atoms with van der Waals surface area (Å²) in [5.74, 6) is 0.250. The maximum absolute atomic E-state index is 13.0.